The number of nitrogens with one attached hydrogen (secondary N) is 2. The van der Waals surface area contributed by atoms with Crippen LogP contribution >= 0.6 is 0 Å². The van der Waals surface area contributed by atoms with Crippen molar-refractivity contribution in [2.24, 2.45) is 0 Å². The van der Waals surface area contributed by atoms with Gasteiger partial charge in [-0.2, -0.15) is 18.2 Å². The van der Waals surface area contributed by atoms with Gasteiger partial charge in [0.15, 0.2) is 0 Å². The van der Waals surface area contributed by atoms with Crippen molar-refractivity contribution in [1.29, 1.82) is 0 Å². The summed E-state index contributed by atoms with van der Waals surface area (Å²) in [6.45, 7) is 0. The highest BCUT2D eigenvalue weighted by atomic mass is 19.4. The van der Waals surface area contributed by atoms with Gasteiger partial charge in [0.2, 0.25) is 5.95 Å². The summed E-state index contributed by atoms with van der Waals surface area (Å²) in [4.78, 5) is 8.52. The summed E-state index contributed by atoms with van der Waals surface area (Å²) in [7, 11) is 1.68. The minimum atomic E-state index is -4.41. The molecule has 1 heterocycles. The van der Waals surface area contributed by atoms with E-state index in [0.29, 0.717) is 17.7 Å². The number of alkyl halides is 3. The molecule has 1 aromatic carbocycles. The Morgan fingerprint density at radius 2 is 1.86 bits per heavy atom. The third-order valence-corrected chi connectivity index (χ3v) is 3.46. The van der Waals surface area contributed by atoms with Gasteiger partial charge in [-0.1, -0.05) is 12.1 Å². The first-order valence-corrected chi connectivity index (χ1v) is 6.97. The summed E-state index contributed by atoms with van der Waals surface area (Å²) in [5, 5.41) is 5.60. The molecule has 0 bridgehead atoms. The predicted octanol–water partition coefficient (Wildman–Crippen LogP) is 4.16. The van der Waals surface area contributed by atoms with Crippen molar-refractivity contribution in [1.82, 2.24) is 9.97 Å². The fourth-order valence-corrected chi connectivity index (χ4v) is 2.21. The van der Waals surface area contributed by atoms with Crippen LogP contribution in [0.3, 0.4) is 0 Å². The molecule has 0 saturated heterocycles. The fraction of sp³-hybridized carbons (Fsp3) is 0.333. The molecule has 1 aliphatic rings. The van der Waals surface area contributed by atoms with Gasteiger partial charge in [-0.25, -0.2) is 4.98 Å². The average molecular weight is 308 g/mol. The molecule has 4 nitrogen and oxygen atoms in total. The van der Waals surface area contributed by atoms with Crippen LogP contribution in [0.4, 0.5) is 30.6 Å². The highest BCUT2D eigenvalue weighted by molar-refractivity contribution is 5.62. The Morgan fingerprint density at radius 1 is 1.14 bits per heavy atom. The van der Waals surface area contributed by atoms with Crippen molar-refractivity contribution < 1.29 is 13.2 Å². The molecule has 2 N–H and O–H groups in total. The summed E-state index contributed by atoms with van der Waals surface area (Å²) < 4.78 is 39.1. The molecular weight excluding hydrogens is 293 g/mol. The smallest absolute Gasteiger partial charge is 0.357 e. The minimum absolute atomic E-state index is 0.0162. The Balaban J connectivity index is 1.95. The largest absolute Gasteiger partial charge is 0.418 e. The van der Waals surface area contributed by atoms with Crippen LogP contribution in [0.1, 0.15) is 30.0 Å². The van der Waals surface area contributed by atoms with E-state index in [-0.39, 0.29) is 5.69 Å². The maximum Gasteiger partial charge on any atom is 0.418 e. The van der Waals surface area contributed by atoms with E-state index in [9.17, 15) is 13.2 Å². The zero-order valence-electron chi connectivity index (χ0n) is 11.9. The Labute approximate surface area is 125 Å². The lowest BCUT2D eigenvalue weighted by atomic mass is 10.1. The molecule has 22 heavy (non-hydrogen) atoms. The van der Waals surface area contributed by atoms with E-state index < -0.39 is 11.7 Å². The van der Waals surface area contributed by atoms with Crippen LogP contribution in [-0.2, 0) is 6.18 Å². The van der Waals surface area contributed by atoms with Gasteiger partial charge in [-0.05, 0) is 25.0 Å². The number of benzene rings is 1. The molecule has 0 radical (unpaired) electrons. The Morgan fingerprint density at radius 3 is 2.50 bits per heavy atom. The lowest BCUT2D eigenvalue weighted by Crippen LogP contribution is -2.10. The number of halogens is 3. The number of hydrogen-bond acceptors (Lipinski definition) is 4. The molecule has 116 valence electrons. The molecule has 0 unspecified atom stereocenters. The highest BCUT2D eigenvalue weighted by Gasteiger charge is 2.33. The van der Waals surface area contributed by atoms with Gasteiger partial charge in [0.05, 0.1) is 16.9 Å². The lowest BCUT2D eigenvalue weighted by molar-refractivity contribution is -0.136. The van der Waals surface area contributed by atoms with Gasteiger partial charge in [0, 0.05) is 19.0 Å². The Hall–Kier alpha value is -2.31. The molecular formula is C15H15F3N4. The Kier molecular flexibility index (Phi) is 3.64. The van der Waals surface area contributed by atoms with Gasteiger partial charge in [0.1, 0.15) is 5.82 Å². The van der Waals surface area contributed by atoms with E-state index in [2.05, 4.69) is 20.6 Å². The zero-order valence-corrected chi connectivity index (χ0v) is 11.9. The van der Waals surface area contributed by atoms with E-state index in [0.717, 1.165) is 24.6 Å². The fourth-order valence-electron chi connectivity index (χ4n) is 2.21. The molecule has 7 heteroatoms. The first-order chi connectivity index (χ1) is 10.5. The molecule has 1 saturated carbocycles. The maximum absolute atomic E-state index is 13.0. The molecule has 1 aliphatic carbocycles. The van der Waals surface area contributed by atoms with Gasteiger partial charge < -0.3 is 10.6 Å². The molecule has 1 fully saturated rings. The van der Waals surface area contributed by atoms with Gasteiger partial charge in [0.25, 0.3) is 0 Å². The van der Waals surface area contributed by atoms with Crippen molar-refractivity contribution in [3.63, 3.8) is 0 Å². The van der Waals surface area contributed by atoms with Crippen LogP contribution in [0.15, 0.2) is 30.3 Å². The number of nitrogens with zero attached hydrogens (tertiary/aromatic N) is 2. The number of anilines is 3. The first-order valence-electron chi connectivity index (χ1n) is 6.97. The van der Waals surface area contributed by atoms with Gasteiger partial charge in [-0.15, -0.1) is 0 Å². The van der Waals surface area contributed by atoms with Crippen LogP contribution in [-0.4, -0.2) is 17.0 Å². The number of aromatic nitrogens is 2. The topological polar surface area (TPSA) is 49.8 Å². The second-order valence-corrected chi connectivity index (χ2v) is 5.19. The van der Waals surface area contributed by atoms with Crippen LogP contribution in [0.5, 0.6) is 0 Å². The monoisotopic (exact) mass is 308 g/mol. The summed E-state index contributed by atoms with van der Waals surface area (Å²) >= 11 is 0. The molecule has 2 aromatic rings. The molecule has 1 aromatic heterocycles. The van der Waals surface area contributed by atoms with Crippen LogP contribution < -0.4 is 10.6 Å². The molecule has 3 rings (SSSR count). The first kappa shape index (κ1) is 14.6. The van der Waals surface area contributed by atoms with E-state index in [1.807, 2.05) is 0 Å². The van der Waals surface area contributed by atoms with Gasteiger partial charge in [-0.3, -0.25) is 0 Å². The number of para-hydroxylation sites is 1. The summed E-state index contributed by atoms with van der Waals surface area (Å²) in [6, 6.07) is 7.07. The second kappa shape index (κ2) is 5.47. The quantitative estimate of drug-likeness (QED) is 0.890. The lowest BCUT2D eigenvalue weighted by Gasteiger charge is -2.15. The Bertz CT molecular complexity index is 681. The van der Waals surface area contributed by atoms with Crippen LogP contribution in [0.2, 0.25) is 0 Å². The number of rotatable bonds is 4. The van der Waals surface area contributed by atoms with E-state index >= 15 is 0 Å². The maximum atomic E-state index is 13.0. The van der Waals surface area contributed by atoms with Crippen molar-refractivity contribution >= 4 is 17.5 Å². The molecule has 0 aliphatic heterocycles. The van der Waals surface area contributed by atoms with Gasteiger partial charge >= 0.3 is 6.18 Å². The third-order valence-electron chi connectivity index (χ3n) is 3.46. The van der Waals surface area contributed by atoms with Crippen molar-refractivity contribution in [3.05, 3.63) is 41.6 Å². The van der Waals surface area contributed by atoms with E-state index in [1.54, 1.807) is 19.2 Å². The molecule has 0 atom stereocenters. The molecule has 0 spiro atoms. The van der Waals surface area contributed by atoms with Crippen molar-refractivity contribution in [3.8, 4) is 0 Å². The van der Waals surface area contributed by atoms with Crippen molar-refractivity contribution in [2.75, 3.05) is 17.7 Å². The van der Waals surface area contributed by atoms with Crippen LogP contribution in [0, 0.1) is 0 Å². The zero-order chi connectivity index (χ0) is 15.7. The molecule has 0 amide bonds. The number of hydrogen-bond donors (Lipinski definition) is 2. The van der Waals surface area contributed by atoms with E-state index in [1.165, 1.54) is 12.1 Å². The summed E-state index contributed by atoms with van der Waals surface area (Å²) in [5.41, 5.74) is 0.122. The highest BCUT2D eigenvalue weighted by Crippen LogP contribution is 2.40. The third kappa shape index (κ3) is 3.13. The average Bonchev–Trinajstić information content (AvgIpc) is 3.31. The predicted molar refractivity (Wildman–Crippen MR) is 78.3 cm³/mol. The second-order valence-electron chi connectivity index (χ2n) is 5.19. The minimum Gasteiger partial charge on any atom is -0.357 e. The summed E-state index contributed by atoms with van der Waals surface area (Å²) in [5.74, 6) is 1.14. The van der Waals surface area contributed by atoms with Crippen molar-refractivity contribution in [2.45, 2.75) is 24.9 Å². The van der Waals surface area contributed by atoms with Crippen LogP contribution in [0.25, 0.3) is 0 Å². The standard InChI is InChI=1S/C15H15F3N4/c1-19-14-21-12(9-6-7-9)8-13(22-14)20-11-5-3-2-4-10(11)15(16,17)18/h2-5,8-9H,6-7H2,1H3,(H2,19,20,21,22). The SMILES string of the molecule is CNc1nc(Nc2ccccc2C(F)(F)F)cc(C2CC2)n1. The normalized spacial score (nSPS) is 14.7. The summed E-state index contributed by atoms with van der Waals surface area (Å²) in [6.07, 6.45) is -2.31. The van der Waals surface area contributed by atoms with E-state index in [4.69, 9.17) is 0 Å².